The Morgan fingerprint density at radius 3 is 2.03 bits per heavy atom. The molecule has 12 aromatic rings. The van der Waals surface area contributed by atoms with Gasteiger partial charge in [0.2, 0.25) is 0 Å². The molecule has 1 aliphatic carbocycles. The lowest BCUT2D eigenvalue weighted by atomic mass is 9.59. The van der Waals surface area contributed by atoms with Gasteiger partial charge in [0.05, 0.1) is 5.52 Å². The van der Waals surface area contributed by atoms with Crippen LogP contribution >= 0.6 is 11.3 Å². The van der Waals surface area contributed by atoms with Crippen LogP contribution in [0.5, 0.6) is 0 Å². The predicted molar refractivity (Wildman–Crippen MR) is 284 cm³/mol. The number of para-hydroxylation sites is 2. The van der Waals surface area contributed by atoms with Crippen LogP contribution in [0.2, 0.25) is 0 Å². The van der Waals surface area contributed by atoms with E-state index >= 15 is 0 Å². The van der Waals surface area contributed by atoms with Crippen LogP contribution in [0, 0.1) is 0 Å². The first kappa shape index (κ1) is 38.5. The molecule has 1 aliphatic heterocycles. The molecule has 0 bridgehead atoms. The molecule has 4 nitrogen and oxygen atoms in total. The Morgan fingerprint density at radius 1 is 0.576 bits per heavy atom. The lowest BCUT2D eigenvalue weighted by Crippen LogP contribution is -2.37. The maximum atomic E-state index is 6.58. The van der Waals surface area contributed by atoms with Crippen molar-refractivity contribution in [1.82, 2.24) is 4.57 Å². The summed E-state index contributed by atoms with van der Waals surface area (Å²) in [6.07, 6.45) is 2.39. The first-order chi connectivity index (χ1) is 31.8. The van der Waals surface area contributed by atoms with E-state index in [1.54, 1.807) is 0 Å². The highest BCUT2D eigenvalue weighted by molar-refractivity contribution is 7.25. The molecule has 8 aromatic carbocycles. The van der Waals surface area contributed by atoms with Gasteiger partial charge in [-0.05, 0) is 117 Å². The lowest BCUT2D eigenvalue weighted by molar-refractivity contribution is 0.332. The zero-order chi connectivity index (χ0) is 44.6. The second-order valence-corrected chi connectivity index (χ2v) is 22.7. The van der Waals surface area contributed by atoms with Crippen molar-refractivity contribution in [3.8, 4) is 16.8 Å². The van der Waals surface area contributed by atoms with Gasteiger partial charge >= 0.3 is 0 Å². The van der Waals surface area contributed by atoms with Crippen LogP contribution in [0.4, 0.5) is 11.4 Å². The Hall–Kier alpha value is -6.76. The van der Waals surface area contributed by atoms with Crippen molar-refractivity contribution < 1.29 is 8.83 Å². The Balaban J connectivity index is 1.07. The van der Waals surface area contributed by atoms with Crippen LogP contribution < -0.4 is 16.2 Å². The molecule has 0 saturated heterocycles. The maximum absolute atomic E-state index is 6.58. The van der Waals surface area contributed by atoms with Crippen LogP contribution in [0.25, 0.3) is 103 Å². The predicted octanol–water partition coefficient (Wildman–Crippen LogP) is 15.7. The third kappa shape index (κ3) is 5.33. The van der Waals surface area contributed by atoms with E-state index in [0.717, 1.165) is 57.1 Å². The summed E-state index contributed by atoms with van der Waals surface area (Å²) in [5.41, 5.74) is 19.2. The van der Waals surface area contributed by atoms with Crippen LogP contribution in [0.15, 0.2) is 142 Å². The number of anilines is 2. The third-order valence-electron chi connectivity index (χ3n) is 15.6. The molecule has 4 aromatic heterocycles. The molecule has 6 heteroatoms. The number of thiophene rings is 1. The van der Waals surface area contributed by atoms with E-state index in [2.05, 4.69) is 192 Å². The number of rotatable bonds is 3. The molecular weight excluding hydrogens is 824 g/mol. The number of hydrogen-bond acceptors (Lipinski definition) is 4. The van der Waals surface area contributed by atoms with Crippen LogP contribution in [0.1, 0.15) is 78.0 Å². The van der Waals surface area contributed by atoms with Crippen molar-refractivity contribution in [2.75, 3.05) is 5.32 Å². The van der Waals surface area contributed by atoms with Crippen molar-refractivity contribution >= 4 is 127 Å². The largest absolute Gasteiger partial charge is 0.456 e. The standard InChI is InChI=1S/C60H49BN2O2S/c1-58(2,3)32-16-18-33(19-17-32)62-45-28-41-40-26-42-43(60(6,7)25-24-59(42,4)5)30-53(40)66-52(41)29-38(45)35-20-21-37-54-46(22-23-50-55(54)36-13-9-11-15-49(36)64-50)63-47-31-51-39(27-44(47)61-56(35)57(37)63)34-12-8-10-14-48(34)65-51/h8-23,26-31,61-62H,24-25H2,1-7H3. The average molecular weight is 873 g/mol. The normalized spacial score (nSPS) is 15.4. The van der Waals surface area contributed by atoms with E-state index in [-0.39, 0.29) is 16.2 Å². The molecule has 0 saturated carbocycles. The van der Waals surface area contributed by atoms with Crippen molar-refractivity contribution in [1.29, 1.82) is 0 Å². The van der Waals surface area contributed by atoms with Crippen molar-refractivity contribution in [2.24, 2.45) is 0 Å². The fraction of sp³-hybridized carbons (Fsp3) is 0.200. The topological polar surface area (TPSA) is 43.2 Å². The summed E-state index contributed by atoms with van der Waals surface area (Å²) in [7, 11) is 0.782. The van der Waals surface area contributed by atoms with Crippen LogP contribution in [-0.4, -0.2) is 11.8 Å². The zero-order valence-electron chi connectivity index (χ0n) is 38.5. The second kappa shape index (κ2) is 13.0. The number of aromatic nitrogens is 1. The van der Waals surface area contributed by atoms with Gasteiger partial charge in [0.1, 0.15) is 22.3 Å². The van der Waals surface area contributed by atoms with Crippen LogP contribution in [-0.2, 0) is 16.2 Å². The van der Waals surface area contributed by atoms with E-state index in [0.29, 0.717) is 0 Å². The van der Waals surface area contributed by atoms with Crippen molar-refractivity contribution in [3.05, 3.63) is 150 Å². The van der Waals surface area contributed by atoms with Gasteiger partial charge < -0.3 is 18.7 Å². The van der Waals surface area contributed by atoms with Gasteiger partial charge in [-0.3, -0.25) is 0 Å². The summed E-state index contributed by atoms with van der Waals surface area (Å²) in [4.78, 5) is 0. The summed E-state index contributed by atoms with van der Waals surface area (Å²) in [6.45, 7) is 16.6. The third-order valence-corrected chi connectivity index (χ3v) is 16.7. The Labute approximate surface area is 388 Å². The highest BCUT2D eigenvalue weighted by Crippen LogP contribution is 2.51. The van der Waals surface area contributed by atoms with Gasteiger partial charge in [-0.25, -0.2) is 0 Å². The molecule has 0 fully saturated rings. The van der Waals surface area contributed by atoms with Crippen LogP contribution in [0.3, 0.4) is 0 Å². The molecule has 0 unspecified atom stereocenters. The average Bonchev–Trinajstić information content (AvgIpc) is 4.06. The molecule has 0 amide bonds. The van der Waals surface area contributed by atoms with Gasteiger partial charge in [0.15, 0.2) is 7.28 Å². The molecule has 66 heavy (non-hydrogen) atoms. The number of nitrogens with zero attached hydrogens (tertiary/aromatic N) is 1. The number of furan rings is 2. The van der Waals surface area contributed by atoms with E-state index < -0.39 is 0 Å². The molecular formula is C60H49BN2O2S. The van der Waals surface area contributed by atoms with Gasteiger partial charge in [-0.15, -0.1) is 11.3 Å². The summed E-state index contributed by atoms with van der Waals surface area (Å²) in [6, 6.07) is 49.9. The van der Waals surface area contributed by atoms with E-state index in [1.165, 1.54) is 105 Å². The number of hydrogen-bond donors (Lipinski definition) is 1. The molecule has 0 atom stereocenters. The molecule has 0 radical (unpaired) electrons. The molecule has 14 rings (SSSR count). The fourth-order valence-electron chi connectivity index (χ4n) is 11.9. The van der Waals surface area contributed by atoms with E-state index in [9.17, 15) is 0 Å². The monoisotopic (exact) mass is 872 g/mol. The van der Waals surface area contributed by atoms with Crippen molar-refractivity contribution in [2.45, 2.75) is 77.6 Å². The molecule has 2 aliphatic rings. The molecule has 5 heterocycles. The maximum Gasteiger partial charge on any atom is 0.198 e. The van der Waals surface area contributed by atoms with Crippen molar-refractivity contribution in [3.63, 3.8) is 0 Å². The lowest BCUT2D eigenvalue weighted by Gasteiger charge is -2.41. The summed E-state index contributed by atoms with van der Waals surface area (Å²) in [5, 5.41) is 13.8. The van der Waals surface area contributed by atoms with E-state index in [4.69, 9.17) is 8.83 Å². The SMILES string of the molecule is CC(C)(C)c1ccc(Nc2cc3c(cc2-c2ccc4c5c6c(ccc5n5c4c2Bc2cc4c(cc2-5)oc2ccccc24)oc2ccccc26)sc2cc4c(cc23)C(C)(C)CCC4(C)C)cc1. The Bertz CT molecular complexity index is 4090. The van der Waals surface area contributed by atoms with E-state index in [1.807, 2.05) is 11.3 Å². The smallest absolute Gasteiger partial charge is 0.198 e. The summed E-state index contributed by atoms with van der Waals surface area (Å²) >= 11 is 1.94. The minimum Gasteiger partial charge on any atom is -0.456 e. The fourth-order valence-corrected chi connectivity index (χ4v) is 13.1. The molecule has 320 valence electrons. The molecule has 0 spiro atoms. The zero-order valence-corrected chi connectivity index (χ0v) is 39.3. The highest BCUT2D eigenvalue weighted by Gasteiger charge is 2.38. The van der Waals surface area contributed by atoms with Gasteiger partial charge in [-0.2, -0.15) is 0 Å². The second-order valence-electron chi connectivity index (χ2n) is 21.6. The number of nitrogens with one attached hydrogen (secondary N) is 1. The van der Waals surface area contributed by atoms with Gasteiger partial charge in [0.25, 0.3) is 0 Å². The first-order valence-electron chi connectivity index (χ1n) is 23.6. The quantitative estimate of drug-likeness (QED) is 0.180. The summed E-state index contributed by atoms with van der Waals surface area (Å²) < 4.78 is 18.3. The van der Waals surface area contributed by atoms with Gasteiger partial charge in [-0.1, -0.05) is 121 Å². The molecule has 1 N–H and O–H groups in total. The number of benzene rings is 8. The summed E-state index contributed by atoms with van der Waals surface area (Å²) in [5.74, 6) is 0. The van der Waals surface area contributed by atoms with Gasteiger partial charge in [0, 0.05) is 86.7 Å². The first-order valence-corrected chi connectivity index (χ1v) is 24.4. The highest BCUT2D eigenvalue weighted by atomic mass is 32.1. The number of fused-ring (bicyclic) bond motifs is 16. The minimum atomic E-state index is 0.0646. The minimum absolute atomic E-state index is 0.0646. The Morgan fingerprint density at radius 2 is 1.26 bits per heavy atom. The Kier molecular flexibility index (Phi) is 7.58.